The molecule has 0 unspecified atom stereocenters. The normalized spacial score (nSPS) is 9.71. The van der Waals surface area contributed by atoms with Crippen molar-refractivity contribution in [3.63, 3.8) is 0 Å². The zero-order valence-corrected chi connectivity index (χ0v) is 9.85. The first-order valence-electron chi connectivity index (χ1n) is 5.58. The lowest BCUT2D eigenvalue weighted by molar-refractivity contribution is 0.658. The maximum atomic E-state index is 4.10. The molecule has 1 aromatic heterocycles. The van der Waals surface area contributed by atoms with Crippen LogP contribution in [0.5, 0.6) is 0 Å². The smallest absolute Gasteiger partial charge is 0.0583 e. The quantitative estimate of drug-likeness (QED) is 0.634. The zero-order valence-electron chi connectivity index (χ0n) is 9.85. The van der Waals surface area contributed by atoms with Crippen LogP contribution in [0.1, 0.15) is 11.3 Å². The van der Waals surface area contributed by atoms with Gasteiger partial charge in [-0.15, -0.1) is 0 Å². The molecule has 2 rings (SSSR count). The number of rotatable bonds is 3. The molecule has 0 aliphatic heterocycles. The first-order chi connectivity index (χ1) is 8.36. The summed E-state index contributed by atoms with van der Waals surface area (Å²) in [6.45, 7) is 1.47. The van der Waals surface area contributed by atoms with Gasteiger partial charge in [-0.3, -0.25) is 4.68 Å². The van der Waals surface area contributed by atoms with Gasteiger partial charge in [0.25, 0.3) is 0 Å². The molecule has 0 saturated carbocycles. The Hall–Kier alpha value is -2.05. The van der Waals surface area contributed by atoms with Crippen molar-refractivity contribution in [1.29, 1.82) is 0 Å². The topological polar surface area (TPSA) is 29.9 Å². The highest BCUT2D eigenvalue weighted by molar-refractivity contribution is 5.33. The lowest BCUT2D eigenvalue weighted by atomic mass is 10.2. The van der Waals surface area contributed by atoms with E-state index in [2.05, 4.69) is 22.3 Å². The molecule has 1 N–H and O–H groups in total. The largest absolute Gasteiger partial charge is 0.301 e. The second-order valence-corrected chi connectivity index (χ2v) is 3.72. The molecule has 0 fully saturated rings. The molecule has 0 amide bonds. The van der Waals surface area contributed by atoms with E-state index in [4.69, 9.17) is 0 Å². The SMILES string of the molecule is Cn1nccc1CNCC#Cc1ccccc1. The Morgan fingerprint density at radius 1 is 1.24 bits per heavy atom. The summed E-state index contributed by atoms with van der Waals surface area (Å²) in [6.07, 6.45) is 1.80. The van der Waals surface area contributed by atoms with Crippen molar-refractivity contribution >= 4 is 0 Å². The Kier molecular flexibility index (Phi) is 3.95. The molecule has 86 valence electrons. The first kappa shape index (κ1) is 11.4. The third-order valence-electron chi connectivity index (χ3n) is 2.45. The third kappa shape index (κ3) is 3.47. The van der Waals surface area contributed by atoms with E-state index in [9.17, 15) is 0 Å². The lowest BCUT2D eigenvalue weighted by Gasteiger charge is -2.00. The summed E-state index contributed by atoms with van der Waals surface area (Å²) < 4.78 is 1.86. The van der Waals surface area contributed by atoms with Crippen molar-refractivity contribution in [2.24, 2.45) is 7.05 Å². The van der Waals surface area contributed by atoms with Crippen LogP contribution < -0.4 is 5.32 Å². The minimum atomic E-state index is 0.681. The van der Waals surface area contributed by atoms with Crippen molar-refractivity contribution < 1.29 is 0 Å². The van der Waals surface area contributed by atoms with E-state index in [0.29, 0.717) is 6.54 Å². The van der Waals surface area contributed by atoms with Crippen molar-refractivity contribution in [3.8, 4) is 11.8 Å². The van der Waals surface area contributed by atoms with Crippen LogP contribution in [-0.2, 0) is 13.6 Å². The molecular formula is C14H15N3. The van der Waals surface area contributed by atoms with Gasteiger partial charge in [0, 0.05) is 25.4 Å². The van der Waals surface area contributed by atoms with Gasteiger partial charge >= 0.3 is 0 Å². The Morgan fingerprint density at radius 2 is 2.06 bits per heavy atom. The minimum absolute atomic E-state index is 0.681. The monoisotopic (exact) mass is 225 g/mol. The Labute approximate surface area is 101 Å². The van der Waals surface area contributed by atoms with E-state index in [0.717, 1.165) is 17.8 Å². The van der Waals surface area contributed by atoms with E-state index in [1.807, 2.05) is 48.1 Å². The zero-order chi connectivity index (χ0) is 11.9. The highest BCUT2D eigenvalue weighted by atomic mass is 15.3. The molecule has 0 saturated heterocycles. The Bertz CT molecular complexity index is 517. The average Bonchev–Trinajstić information content (AvgIpc) is 2.76. The molecule has 1 aromatic carbocycles. The maximum absolute atomic E-state index is 4.10. The van der Waals surface area contributed by atoms with Gasteiger partial charge in [-0.05, 0) is 18.2 Å². The van der Waals surface area contributed by atoms with Gasteiger partial charge < -0.3 is 5.32 Å². The highest BCUT2D eigenvalue weighted by Gasteiger charge is 1.95. The number of nitrogens with zero attached hydrogens (tertiary/aromatic N) is 2. The van der Waals surface area contributed by atoms with Gasteiger partial charge in [-0.25, -0.2) is 0 Å². The predicted octanol–water partition coefficient (Wildman–Crippen LogP) is 1.56. The fourth-order valence-corrected chi connectivity index (χ4v) is 1.50. The van der Waals surface area contributed by atoms with E-state index in [-0.39, 0.29) is 0 Å². The summed E-state index contributed by atoms with van der Waals surface area (Å²) in [7, 11) is 1.94. The molecule has 2 aromatic rings. The summed E-state index contributed by atoms with van der Waals surface area (Å²) >= 11 is 0. The number of aromatic nitrogens is 2. The first-order valence-corrected chi connectivity index (χ1v) is 5.58. The molecule has 0 atom stereocenters. The molecule has 1 heterocycles. The molecule has 0 radical (unpaired) electrons. The number of benzene rings is 1. The van der Waals surface area contributed by atoms with Crippen molar-refractivity contribution in [3.05, 3.63) is 53.9 Å². The summed E-state index contributed by atoms with van der Waals surface area (Å²) in [6, 6.07) is 12.0. The van der Waals surface area contributed by atoms with E-state index in [1.165, 1.54) is 0 Å². The summed E-state index contributed by atoms with van der Waals surface area (Å²) in [5, 5.41) is 7.37. The molecule has 0 spiro atoms. The van der Waals surface area contributed by atoms with E-state index < -0.39 is 0 Å². The van der Waals surface area contributed by atoms with Crippen LogP contribution in [0.2, 0.25) is 0 Å². The molecule has 0 bridgehead atoms. The van der Waals surface area contributed by atoms with Crippen LogP contribution in [0.4, 0.5) is 0 Å². The predicted molar refractivity (Wildman–Crippen MR) is 68.2 cm³/mol. The van der Waals surface area contributed by atoms with Crippen LogP contribution in [0.25, 0.3) is 0 Å². The second kappa shape index (κ2) is 5.88. The summed E-state index contributed by atoms with van der Waals surface area (Å²) in [5.74, 6) is 6.20. The Balaban J connectivity index is 1.78. The van der Waals surface area contributed by atoms with Gasteiger partial charge in [0.15, 0.2) is 0 Å². The minimum Gasteiger partial charge on any atom is -0.301 e. The number of hydrogen-bond donors (Lipinski definition) is 1. The van der Waals surface area contributed by atoms with Gasteiger partial charge in [-0.2, -0.15) is 5.10 Å². The number of aryl methyl sites for hydroxylation is 1. The maximum Gasteiger partial charge on any atom is 0.0583 e. The Morgan fingerprint density at radius 3 is 2.76 bits per heavy atom. The van der Waals surface area contributed by atoms with Gasteiger partial charge in [0.2, 0.25) is 0 Å². The van der Waals surface area contributed by atoms with Crippen LogP contribution in [-0.4, -0.2) is 16.3 Å². The average molecular weight is 225 g/mol. The van der Waals surface area contributed by atoms with Crippen molar-refractivity contribution in [2.75, 3.05) is 6.54 Å². The fraction of sp³-hybridized carbons (Fsp3) is 0.214. The summed E-state index contributed by atoms with van der Waals surface area (Å²) in [5.41, 5.74) is 2.21. The van der Waals surface area contributed by atoms with Gasteiger partial charge in [-0.1, -0.05) is 30.0 Å². The van der Waals surface area contributed by atoms with Crippen LogP contribution in [0, 0.1) is 11.8 Å². The van der Waals surface area contributed by atoms with Crippen molar-refractivity contribution in [1.82, 2.24) is 15.1 Å². The lowest BCUT2D eigenvalue weighted by Crippen LogP contribution is -2.15. The molecule has 0 aliphatic carbocycles. The van der Waals surface area contributed by atoms with Gasteiger partial charge in [0.05, 0.1) is 12.2 Å². The second-order valence-electron chi connectivity index (χ2n) is 3.72. The highest BCUT2D eigenvalue weighted by Crippen LogP contribution is 1.95. The molecule has 17 heavy (non-hydrogen) atoms. The molecule has 3 heteroatoms. The van der Waals surface area contributed by atoms with Crippen LogP contribution in [0.3, 0.4) is 0 Å². The fourth-order valence-electron chi connectivity index (χ4n) is 1.50. The van der Waals surface area contributed by atoms with Crippen molar-refractivity contribution in [2.45, 2.75) is 6.54 Å². The van der Waals surface area contributed by atoms with Gasteiger partial charge in [0.1, 0.15) is 0 Å². The standard InChI is InChI=1S/C14H15N3/c1-17-14(9-11-16-17)12-15-10-5-8-13-6-3-2-4-7-13/h2-4,6-7,9,11,15H,10,12H2,1H3. The van der Waals surface area contributed by atoms with E-state index in [1.54, 1.807) is 6.20 Å². The summed E-state index contributed by atoms with van der Waals surface area (Å²) in [4.78, 5) is 0. The number of hydrogen-bond acceptors (Lipinski definition) is 2. The molecule has 0 aliphatic rings. The van der Waals surface area contributed by atoms with Crippen LogP contribution >= 0.6 is 0 Å². The molecular weight excluding hydrogens is 210 g/mol. The van der Waals surface area contributed by atoms with Crippen LogP contribution in [0.15, 0.2) is 42.6 Å². The number of nitrogens with one attached hydrogen (secondary N) is 1. The third-order valence-corrected chi connectivity index (χ3v) is 2.45. The van der Waals surface area contributed by atoms with E-state index >= 15 is 0 Å². The molecule has 3 nitrogen and oxygen atoms in total.